The van der Waals surface area contributed by atoms with E-state index in [0.29, 0.717) is 11.4 Å². The maximum absolute atomic E-state index is 10.6. The van der Waals surface area contributed by atoms with Crippen molar-refractivity contribution in [1.82, 2.24) is 9.78 Å². The molecule has 0 atom stereocenters. The maximum Gasteiger partial charge on any atom is 0.172 e. The molecule has 76 valence electrons. The maximum atomic E-state index is 10.6. The summed E-state index contributed by atoms with van der Waals surface area (Å²) in [6.07, 6.45) is 0. The van der Waals surface area contributed by atoms with Crippen molar-refractivity contribution in [2.75, 3.05) is 11.9 Å². The van der Waals surface area contributed by atoms with Crippen LogP contribution in [0.25, 0.3) is 0 Å². The topological polar surface area (TPSA) is 59.3 Å². The molecule has 5 heteroatoms. The van der Waals surface area contributed by atoms with Gasteiger partial charge in [0.25, 0.3) is 0 Å². The second kappa shape index (κ2) is 2.80. The summed E-state index contributed by atoms with van der Waals surface area (Å²) >= 11 is 0. The molecule has 1 aliphatic rings. The number of hydrogen-bond donors (Lipinski definition) is 1. The van der Waals surface area contributed by atoms with Gasteiger partial charge in [-0.05, 0) is 12.1 Å². The second-order valence-corrected chi connectivity index (χ2v) is 4.55. The fourth-order valence-corrected chi connectivity index (χ4v) is 1.76. The van der Waals surface area contributed by atoms with Gasteiger partial charge in [0.1, 0.15) is 0 Å². The summed E-state index contributed by atoms with van der Waals surface area (Å²) in [4.78, 5) is 10.6. The van der Waals surface area contributed by atoms with E-state index in [1.54, 1.807) is 6.92 Å². The molecule has 0 unspecified atom stereocenters. The summed E-state index contributed by atoms with van der Waals surface area (Å²) < 4.78 is 1.83. The van der Waals surface area contributed by atoms with Crippen molar-refractivity contribution in [2.24, 2.45) is 10.6 Å². The van der Waals surface area contributed by atoms with E-state index in [1.807, 2.05) is 4.68 Å². The van der Waals surface area contributed by atoms with Gasteiger partial charge in [0.15, 0.2) is 11.5 Å². The lowest BCUT2D eigenvalue weighted by molar-refractivity contribution is 0.293. The molecule has 0 aromatic carbocycles. The van der Waals surface area contributed by atoms with E-state index in [0.717, 1.165) is 18.9 Å². The number of hydrogen-bond acceptors (Lipinski definition) is 4. The van der Waals surface area contributed by atoms with Crippen LogP contribution in [0.5, 0.6) is 0 Å². The Kier molecular flexibility index (Phi) is 1.83. The number of aryl methyl sites for hydroxylation is 1. The third-order valence-corrected chi connectivity index (χ3v) is 2.50. The summed E-state index contributed by atoms with van der Waals surface area (Å²) in [7, 11) is 0. The Morgan fingerprint density at radius 3 is 2.93 bits per heavy atom. The molecule has 1 aliphatic heterocycles. The zero-order chi connectivity index (χ0) is 10.3. The molecular formula is C9H14N4O. The van der Waals surface area contributed by atoms with Crippen LogP contribution in [0.1, 0.15) is 19.5 Å². The third kappa shape index (κ3) is 1.29. The van der Waals surface area contributed by atoms with Gasteiger partial charge in [-0.2, -0.15) is 5.10 Å². The summed E-state index contributed by atoms with van der Waals surface area (Å²) in [5.74, 6) is 0.761. The molecule has 1 aromatic heterocycles. The lowest BCUT2D eigenvalue weighted by Gasteiger charge is -2.31. The molecule has 0 bridgehead atoms. The molecule has 2 heterocycles. The molecule has 14 heavy (non-hydrogen) atoms. The van der Waals surface area contributed by atoms with E-state index in [9.17, 15) is 4.91 Å². The van der Waals surface area contributed by atoms with Gasteiger partial charge in [-0.25, -0.2) is 4.68 Å². The summed E-state index contributed by atoms with van der Waals surface area (Å²) in [5, 5.41) is 10.5. The van der Waals surface area contributed by atoms with Gasteiger partial charge in [0.2, 0.25) is 0 Å². The van der Waals surface area contributed by atoms with Crippen LogP contribution in [0.15, 0.2) is 5.18 Å². The molecule has 1 aromatic rings. The molecule has 5 nitrogen and oxygen atoms in total. The van der Waals surface area contributed by atoms with Gasteiger partial charge in [-0.1, -0.05) is 13.8 Å². The first kappa shape index (κ1) is 9.18. The zero-order valence-electron chi connectivity index (χ0n) is 8.66. The van der Waals surface area contributed by atoms with Crippen LogP contribution in [0.2, 0.25) is 0 Å². The third-order valence-electron chi connectivity index (χ3n) is 2.50. The highest BCUT2D eigenvalue weighted by Gasteiger charge is 2.28. The van der Waals surface area contributed by atoms with E-state index >= 15 is 0 Å². The van der Waals surface area contributed by atoms with E-state index < -0.39 is 0 Å². The molecule has 0 aliphatic carbocycles. The second-order valence-electron chi connectivity index (χ2n) is 4.55. The fraction of sp³-hybridized carbons (Fsp3) is 0.667. The van der Waals surface area contributed by atoms with Crippen LogP contribution in [-0.2, 0) is 6.54 Å². The van der Waals surface area contributed by atoms with Crippen LogP contribution < -0.4 is 5.32 Å². The summed E-state index contributed by atoms with van der Waals surface area (Å²) in [6.45, 7) is 7.80. The molecular weight excluding hydrogens is 180 g/mol. The average molecular weight is 194 g/mol. The number of aromatic nitrogens is 2. The number of anilines is 1. The standard InChI is InChI=1S/C9H14N4O/c1-6-7(12-14)8-10-4-9(2,3)5-13(8)11-6/h10H,4-5H2,1-3H3. The SMILES string of the molecule is Cc1nn2c(c1N=O)NCC(C)(C)C2. The molecule has 0 amide bonds. The minimum absolute atomic E-state index is 0.172. The van der Waals surface area contributed by atoms with Gasteiger partial charge < -0.3 is 5.32 Å². The molecule has 0 radical (unpaired) electrons. The lowest BCUT2D eigenvalue weighted by Crippen LogP contribution is -2.34. The normalized spacial score (nSPS) is 18.5. The molecule has 0 spiro atoms. The average Bonchev–Trinajstić information content (AvgIpc) is 2.37. The van der Waals surface area contributed by atoms with Crippen molar-refractivity contribution >= 4 is 11.5 Å². The zero-order valence-corrected chi connectivity index (χ0v) is 8.66. The first-order valence-corrected chi connectivity index (χ1v) is 4.68. The smallest absolute Gasteiger partial charge is 0.172 e. The lowest BCUT2D eigenvalue weighted by atomic mass is 9.92. The van der Waals surface area contributed by atoms with E-state index in [1.165, 1.54) is 0 Å². The van der Waals surface area contributed by atoms with Crippen molar-refractivity contribution in [2.45, 2.75) is 27.3 Å². The quantitative estimate of drug-likeness (QED) is 0.696. The van der Waals surface area contributed by atoms with Gasteiger partial charge in [0, 0.05) is 12.0 Å². The Labute approximate surface area is 82.5 Å². The molecule has 2 rings (SSSR count). The number of rotatable bonds is 1. The first-order chi connectivity index (χ1) is 6.53. The summed E-state index contributed by atoms with van der Waals surface area (Å²) in [5.41, 5.74) is 1.31. The Morgan fingerprint density at radius 1 is 1.57 bits per heavy atom. The highest BCUT2D eigenvalue weighted by molar-refractivity contribution is 5.64. The van der Waals surface area contributed by atoms with Gasteiger partial charge in [-0.3, -0.25) is 0 Å². The van der Waals surface area contributed by atoms with Crippen molar-refractivity contribution in [3.05, 3.63) is 10.6 Å². The molecule has 1 N–H and O–H groups in total. The van der Waals surface area contributed by atoms with Crippen LogP contribution in [0.4, 0.5) is 11.5 Å². The van der Waals surface area contributed by atoms with Crippen molar-refractivity contribution < 1.29 is 0 Å². The highest BCUT2D eigenvalue weighted by atomic mass is 16.3. The predicted molar refractivity (Wildman–Crippen MR) is 54.7 cm³/mol. The molecule has 0 saturated carbocycles. The Morgan fingerprint density at radius 2 is 2.29 bits per heavy atom. The van der Waals surface area contributed by atoms with E-state index in [4.69, 9.17) is 0 Å². The molecule has 0 saturated heterocycles. The number of fused-ring (bicyclic) bond motifs is 1. The minimum Gasteiger partial charge on any atom is -0.368 e. The number of nitrogens with one attached hydrogen (secondary N) is 1. The van der Waals surface area contributed by atoms with E-state index in [2.05, 4.69) is 29.4 Å². The van der Waals surface area contributed by atoms with Crippen LogP contribution >= 0.6 is 0 Å². The van der Waals surface area contributed by atoms with E-state index in [-0.39, 0.29) is 5.41 Å². The Hall–Kier alpha value is -1.39. The minimum atomic E-state index is 0.172. The Bertz CT molecular complexity index is 380. The number of nitrogens with zero attached hydrogens (tertiary/aromatic N) is 3. The van der Waals surface area contributed by atoms with Gasteiger partial charge in [0.05, 0.1) is 12.2 Å². The van der Waals surface area contributed by atoms with Crippen LogP contribution in [0, 0.1) is 17.2 Å². The van der Waals surface area contributed by atoms with Gasteiger partial charge in [-0.15, -0.1) is 4.91 Å². The van der Waals surface area contributed by atoms with Crippen LogP contribution in [0.3, 0.4) is 0 Å². The Balaban J connectivity index is 2.46. The first-order valence-electron chi connectivity index (χ1n) is 4.68. The predicted octanol–water partition coefficient (Wildman–Crippen LogP) is 2.04. The monoisotopic (exact) mass is 194 g/mol. The summed E-state index contributed by atoms with van der Waals surface area (Å²) in [6, 6.07) is 0. The number of nitroso groups, excluding NO2 is 1. The largest absolute Gasteiger partial charge is 0.368 e. The van der Waals surface area contributed by atoms with Crippen molar-refractivity contribution in [1.29, 1.82) is 0 Å². The van der Waals surface area contributed by atoms with Crippen molar-refractivity contribution in [3.8, 4) is 0 Å². The van der Waals surface area contributed by atoms with Crippen molar-refractivity contribution in [3.63, 3.8) is 0 Å². The van der Waals surface area contributed by atoms with Gasteiger partial charge >= 0.3 is 0 Å². The van der Waals surface area contributed by atoms with Crippen LogP contribution in [-0.4, -0.2) is 16.3 Å². The molecule has 0 fully saturated rings. The fourth-order valence-electron chi connectivity index (χ4n) is 1.76. The highest BCUT2D eigenvalue weighted by Crippen LogP contribution is 2.35.